The lowest BCUT2D eigenvalue weighted by atomic mass is 10.1. The highest BCUT2D eigenvalue weighted by molar-refractivity contribution is 7.89. The fraction of sp³-hybridized carbons (Fsp3) is 0.435. The second-order valence-corrected chi connectivity index (χ2v) is 20.8. The molecule has 4 N–H and O–H groups in total. The lowest BCUT2D eigenvalue weighted by molar-refractivity contribution is -0.126. The van der Waals surface area contributed by atoms with Crippen LogP contribution in [0.5, 0.6) is 11.5 Å². The Kier molecular flexibility index (Phi) is 20.8. The van der Waals surface area contributed by atoms with Crippen LogP contribution in [0.2, 0.25) is 20.1 Å². The van der Waals surface area contributed by atoms with Gasteiger partial charge in [-0.2, -0.15) is 0 Å². The van der Waals surface area contributed by atoms with Crippen LogP contribution < -0.4 is 29.6 Å². The molecule has 0 saturated heterocycles. The topological polar surface area (TPSA) is 206 Å². The van der Waals surface area contributed by atoms with E-state index in [1.807, 2.05) is 12.1 Å². The number of nitrogens with one attached hydrogen (secondary N) is 4. The number of amides is 2. The van der Waals surface area contributed by atoms with Gasteiger partial charge in [-0.3, -0.25) is 9.59 Å². The van der Waals surface area contributed by atoms with Crippen molar-refractivity contribution in [2.45, 2.75) is 60.5 Å². The first-order chi connectivity index (χ1) is 32.7. The highest BCUT2D eigenvalue weighted by Crippen LogP contribution is 2.42. The quantitative estimate of drug-likeness (QED) is 0.0416. The maximum Gasteiger partial charge on any atom is 0.240 e. The standard InChI is InChI=1S/C46H54Cl4N4O12S2/c47-31-27-39-37(41(49)29-31)9-11-43(39)65-33-1-5-35(6-2-33)67(57,58)53-17-21-63-25-23-61-19-15-51-45(55)13-14-46(56)52-16-20-62-24-26-64-22-18-54-68(59,60)36-7-3-34(4-8-36)66-44-12-10-38-40(44)28-32(48)30-42(38)50/h1-8,27-30,43-44,53-54H,9-26H2,(H,51,55)(H,52,56). The summed E-state index contributed by atoms with van der Waals surface area (Å²) in [6.45, 7) is 2.27. The Balaban J connectivity index is 0.702. The van der Waals surface area contributed by atoms with Crippen LogP contribution in [0.1, 0.15) is 60.1 Å². The monoisotopic (exact) mass is 1060 g/mol. The fourth-order valence-electron chi connectivity index (χ4n) is 7.41. The Morgan fingerprint density at radius 2 is 0.853 bits per heavy atom. The minimum atomic E-state index is -3.76. The van der Waals surface area contributed by atoms with Crippen LogP contribution in [0, 0.1) is 0 Å². The number of ether oxygens (including phenoxy) is 6. The molecule has 0 radical (unpaired) electrons. The maximum absolute atomic E-state index is 12.7. The number of rotatable bonds is 29. The average Bonchev–Trinajstić information content (AvgIpc) is 3.90. The number of carbonyl (C=O) groups is 2. The number of hydrogen-bond acceptors (Lipinski definition) is 12. The number of carbonyl (C=O) groups excluding carboxylic acids is 2. The van der Waals surface area contributed by atoms with Gasteiger partial charge in [0.1, 0.15) is 23.7 Å². The molecule has 68 heavy (non-hydrogen) atoms. The van der Waals surface area contributed by atoms with Gasteiger partial charge >= 0.3 is 0 Å². The van der Waals surface area contributed by atoms with E-state index in [0.29, 0.717) is 31.6 Å². The summed E-state index contributed by atoms with van der Waals surface area (Å²) < 4.78 is 90.0. The van der Waals surface area contributed by atoms with E-state index >= 15 is 0 Å². The molecule has 2 unspecified atom stereocenters. The highest BCUT2D eigenvalue weighted by Gasteiger charge is 2.28. The summed E-state index contributed by atoms with van der Waals surface area (Å²) in [5.41, 5.74) is 3.91. The molecule has 0 aromatic heterocycles. The van der Waals surface area contributed by atoms with Crippen molar-refractivity contribution < 1.29 is 54.8 Å². The Hall–Kier alpha value is -3.76. The Bertz CT molecular complexity index is 2370. The molecule has 0 aliphatic heterocycles. The molecule has 2 aliphatic rings. The van der Waals surface area contributed by atoms with Gasteiger partial charge in [-0.05, 0) is 121 Å². The van der Waals surface area contributed by atoms with Gasteiger partial charge in [-0.15, -0.1) is 0 Å². The summed E-state index contributed by atoms with van der Waals surface area (Å²) in [5.74, 6) is 0.462. The van der Waals surface area contributed by atoms with Crippen molar-refractivity contribution in [2.24, 2.45) is 0 Å². The molecule has 0 fully saturated rings. The molecule has 22 heteroatoms. The van der Waals surface area contributed by atoms with Gasteiger partial charge in [0.2, 0.25) is 31.9 Å². The van der Waals surface area contributed by atoms with Crippen molar-refractivity contribution in [2.75, 3.05) is 79.0 Å². The molecule has 6 rings (SSSR count). The summed E-state index contributed by atoms with van der Waals surface area (Å²) in [4.78, 5) is 24.4. The van der Waals surface area contributed by atoms with Gasteiger partial charge in [0.15, 0.2) is 0 Å². The lowest BCUT2D eigenvalue weighted by Crippen LogP contribution is -2.31. The van der Waals surface area contributed by atoms with E-state index < -0.39 is 20.0 Å². The van der Waals surface area contributed by atoms with Crippen molar-refractivity contribution in [3.8, 4) is 11.5 Å². The SMILES string of the molecule is O=C(CCC(=O)NCCOCCOCCNS(=O)(=O)c1ccc(OC2CCc3c(Cl)cc(Cl)cc32)cc1)NCCOCCOCCNS(=O)(=O)c1ccc(OC2CCc3c(Cl)cc(Cl)cc32)cc1. The molecule has 2 atom stereocenters. The summed E-state index contributed by atoms with van der Waals surface area (Å²) in [7, 11) is -7.53. The van der Waals surface area contributed by atoms with Crippen molar-refractivity contribution in [3.05, 3.63) is 115 Å². The minimum Gasteiger partial charge on any atom is -0.486 e. The summed E-state index contributed by atoms with van der Waals surface area (Å²) >= 11 is 25.0. The Morgan fingerprint density at radius 3 is 1.22 bits per heavy atom. The first-order valence-electron chi connectivity index (χ1n) is 22.0. The highest BCUT2D eigenvalue weighted by atomic mass is 35.5. The van der Waals surface area contributed by atoms with Crippen LogP contribution in [-0.4, -0.2) is 108 Å². The summed E-state index contributed by atoms with van der Waals surface area (Å²) in [5, 5.41) is 7.67. The van der Waals surface area contributed by atoms with Crippen LogP contribution in [0.15, 0.2) is 82.6 Å². The first-order valence-corrected chi connectivity index (χ1v) is 26.5. The molecule has 2 aliphatic carbocycles. The summed E-state index contributed by atoms with van der Waals surface area (Å²) in [6.07, 6.45) is 2.59. The fourth-order valence-corrected chi connectivity index (χ4v) is 10.6. The molecule has 4 aromatic rings. The molecule has 2 amide bonds. The number of sulfonamides is 2. The summed E-state index contributed by atoms with van der Waals surface area (Å²) in [6, 6.07) is 19.5. The van der Waals surface area contributed by atoms with E-state index in [-0.39, 0.29) is 126 Å². The molecule has 0 saturated carbocycles. The predicted molar refractivity (Wildman–Crippen MR) is 258 cm³/mol. The van der Waals surface area contributed by atoms with Crippen LogP contribution in [0.3, 0.4) is 0 Å². The van der Waals surface area contributed by atoms with E-state index in [0.717, 1.165) is 47.9 Å². The van der Waals surface area contributed by atoms with Crippen molar-refractivity contribution in [1.82, 2.24) is 20.1 Å². The van der Waals surface area contributed by atoms with Gasteiger partial charge in [0.25, 0.3) is 0 Å². The van der Waals surface area contributed by atoms with E-state index in [1.165, 1.54) is 24.3 Å². The number of halogens is 4. The molecule has 0 spiro atoms. The molecule has 4 aromatic carbocycles. The van der Waals surface area contributed by atoms with E-state index in [4.69, 9.17) is 74.8 Å². The van der Waals surface area contributed by atoms with Gasteiger partial charge in [-0.1, -0.05) is 46.4 Å². The van der Waals surface area contributed by atoms with Gasteiger partial charge in [0.05, 0.1) is 62.6 Å². The molecular weight excluding hydrogens is 1010 g/mol. The largest absolute Gasteiger partial charge is 0.486 e. The van der Waals surface area contributed by atoms with Crippen molar-refractivity contribution in [1.29, 1.82) is 0 Å². The first kappa shape index (κ1) is 53.6. The smallest absolute Gasteiger partial charge is 0.240 e. The third kappa shape index (κ3) is 16.4. The molecule has 370 valence electrons. The van der Waals surface area contributed by atoms with Crippen molar-refractivity contribution >= 4 is 78.3 Å². The number of fused-ring (bicyclic) bond motifs is 2. The normalized spacial score (nSPS) is 15.5. The second-order valence-electron chi connectivity index (χ2n) is 15.6. The van der Waals surface area contributed by atoms with Crippen molar-refractivity contribution in [3.63, 3.8) is 0 Å². The zero-order chi connectivity index (χ0) is 48.5. The Morgan fingerprint density at radius 1 is 0.500 bits per heavy atom. The zero-order valence-corrected chi connectivity index (χ0v) is 41.7. The van der Waals surface area contributed by atoms with E-state index in [1.54, 1.807) is 36.4 Å². The molecule has 0 bridgehead atoms. The van der Waals surface area contributed by atoms with Crippen LogP contribution in [0.4, 0.5) is 0 Å². The third-order valence-electron chi connectivity index (χ3n) is 10.8. The minimum absolute atomic E-state index is 0.00385. The predicted octanol–water partition coefficient (Wildman–Crippen LogP) is 6.77. The van der Waals surface area contributed by atoms with E-state index in [2.05, 4.69) is 20.1 Å². The molecule has 0 heterocycles. The lowest BCUT2D eigenvalue weighted by Gasteiger charge is -2.16. The van der Waals surface area contributed by atoms with Gasteiger partial charge in [0, 0.05) is 59.1 Å². The Labute approximate surface area is 417 Å². The van der Waals surface area contributed by atoms with Gasteiger partial charge < -0.3 is 39.1 Å². The van der Waals surface area contributed by atoms with Gasteiger partial charge in [-0.25, -0.2) is 26.3 Å². The van der Waals surface area contributed by atoms with Crippen LogP contribution >= 0.6 is 46.4 Å². The average molecular weight is 1060 g/mol. The second kappa shape index (κ2) is 26.4. The number of benzene rings is 4. The van der Waals surface area contributed by atoms with Crippen LogP contribution in [-0.2, 0) is 61.4 Å². The molecular formula is C46H54Cl4N4O12S2. The maximum atomic E-state index is 12.7. The molecule has 16 nitrogen and oxygen atoms in total. The van der Waals surface area contributed by atoms with E-state index in [9.17, 15) is 26.4 Å². The zero-order valence-electron chi connectivity index (χ0n) is 37.0. The van der Waals surface area contributed by atoms with Crippen LogP contribution in [0.25, 0.3) is 0 Å². The third-order valence-corrected chi connectivity index (χ3v) is 14.8. The number of hydrogen-bond donors (Lipinski definition) is 4.